The topological polar surface area (TPSA) is 53.2 Å². The maximum absolute atomic E-state index is 11.4. The molecule has 4 nitrogen and oxygen atoms in total. The van der Waals surface area contributed by atoms with E-state index in [0.717, 1.165) is 35.6 Å². The lowest BCUT2D eigenvalue weighted by molar-refractivity contribution is -0.115. The van der Waals surface area contributed by atoms with Gasteiger partial charge in [0.25, 0.3) is 0 Å². The molecule has 122 valence electrons. The molecule has 1 aliphatic rings. The van der Waals surface area contributed by atoms with Crippen molar-refractivity contribution >= 4 is 40.2 Å². The predicted molar refractivity (Wildman–Crippen MR) is 103 cm³/mol. The number of hydrogen-bond donors (Lipinski definition) is 3. The fourth-order valence-corrected chi connectivity index (χ4v) is 2.76. The first-order valence-electron chi connectivity index (χ1n) is 7.92. The molecule has 0 unspecified atom stereocenters. The van der Waals surface area contributed by atoms with Crippen LogP contribution < -0.4 is 16.0 Å². The summed E-state index contributed by atoms with van der Waals surface area (Å²) < 4.78 is 0. The number of para-hydroxylation sites is 1. The van der Waals surface area contributed by atoms with Crippen molar-refractivity contribution in [2.45, 2.75) is 19.3 Å². The number of benzene rings is 2. The molecule has 0 amide bonds. The second-order valence-electron chi connectivity index (χ2n) is 5.64. The predicted octanol–water partition coefficient (Wildman–Crippen LogP) is 4.54. The maximum atomic E-state index is 11.4. The van der Waals surface area contributed by atoms with Crippen LogP contribution >= 0.6 is 12.2 Å². The van der Waals surface area contributed by atoms with Gasteiger partial charge in [-0.25, -0.2) is 0 Å². The Morgan fingerprint density at radius 2 is 1.46 bits per heavy atom. The van der Waals surface area contributed by atoms with Gasteiger partial charge in [0.1, 0.15) is 0 Å². The van der Waals surface area contributed by atoms with Crippen LogP contribution in [-0.4, -0.2) is 10.9 Å². The summed E-state index contributed by atoms with van der Waals surface area (Å²) in [6.45, 7) is 0. The van der Waals surface area contributed by atoms with Crippen LogP contribution in [0.3, 0.4) is 0 Å². The lowest BCUT2D eigenvalue weighted by atomic mass is 10.0. The quantitative estimate of drug-likeness (QED) is 0.715. The maximum Gasteiger partial charge on any atom is 0.175 e. The van der Waals surface area contributed by atoms with E-state index in [0.29, 0.717) is 11.5 Å². The lowest BCUT2D eigenvalue weighted by Crippen LogP contribution is -2.18. The molecular weight excluding hydrogens is 318 g/mol. The highest BCUT2D eigenvalue weighted by molar-refractivity contribution is 7.80. The monoisotopic (exact) mass is 337 g/mol. The molecule has 2 aromatic carbocycles. The Balaban J connectivity index is 1.56. The van der Waals surface area contributed by atoms with E-state index in [2.05, 4.69) is 16.0 Å². The summed E-state index contributed by atoms with van der Waals surface area (Å²) in [4.78, 5) is 11.4. The second kappa shape index (κ2) is 7.75. The van der Waals surface area contributed by atoms with Gasteiger partial charge in [0.2, 0.25) is 0 Å². The molecule has 0 heterocycles. The molecule has 0 atom stereocenters. The SMILES string of the molecule is O=C1C=C(Nc2ccc(NC(=S)Nc3ccccc3)cc2)CCC1. The average Bonchev–Trinajstić information content (AvgIpc) is 2.57. The third kappa shape index (κ3) is 4.67. The van der Waals surface area contributed by atoms with Gasteiger partial charge in [-0.05, 0) is 61.5 Å². The summed E-state index contributed by atoms with van der Waals surface area (Å²) in [6.07, 6.45) is 4.18. The van der Waals surface area contributed by atoms with Crippen LogP contribution in [0.5, 0.6) is 0 Å². The molecule has 0 bridgehead atoms. The van der Waals surface area contributed by atoms with Gasteiger partial charge in [0.15, 0.2) is 10.9 Å². The molecule has 0 aliphatic heterocycles. The zero-order chi connectivity index (χ0) is 16.8. The first-order valence-corrected chi connectivity index (χ1v) is 8.33. The molecule has 1 aliphatic carbocycles. The van der Waals surface area contributed by atoms with Crippen LogP contribution in [0.15, 0.2) is 66.4 Å². The van der Waals surface area contributed by atoms with Gasteiger partial charge in [0, 0.05) is 35.3 Å². The molecule has 0 radical (unpaired) electrons. The summed E-state index contributed by atoms with van der Waals surface area (Å²) in [5, 5.41) is 10.1. The zero-order valence-corrected chi connectivity index (χ0v) is 14.0. The van der Waals surface area contributed by atoms with Crippen molar-refractivity contribution in [1.82, 2.24) is 0 Å². The molecular formula is C19H19N3OS. The Morgan fingerprint density at radius 3 is 2.12 bits per heavy atom. The highest BCUT2D eigenvalue weighted by Crippen LogP contribution is 2.20. The molecule has 2 aromatic rings. The van der Waals surface area contributed by atoms with Gasteiger partial charge in [-0.15, -0.1) is 0 Å². The molecule has 0 saturated heterocycles. The van der Waals surface area contributed by atoms with Crippen LogP contribution in [0.2, 0.25) is 0 Å². The second-order valence-corrected chi connectivity index (χ2v) is 6.05. The Morgan fingerprint density at radius 1 is 0.833 bits per heavy atom. The zero-order valence-electron chi connectivity index (χ0n) is 13.2. The van der Waals surface area contributed by atoms with E-state index < -0.39 is 0 Å². The third-order valence-electron chi connectivity index (χ3n) is 3.68. The third-order valence-corrected chi connectivity index (χ3v) is 3.89. The summed E-state index contributed by atoms with van der Waals surface area (Å²) in [7, 11) is 0. The van der Waals surface area contributed by atoms with Crippen molar-refractivity contribution in [2.75, 3.05) is 16.0 Å². The van der Waals surface area contributed by atoms with E-state index in [1.54, 1.807) is 6.08 Å². The largest absolute Gasteiger partial charge is 0.359 e. The molecule has 3 N–H and O–H groups in total. The first kappa shape index (κ1) is 16.2. The Bertz CT molecular complexity index is 754. The van der Waals surface area contributed by atoms with Crippen molar-refractivity contribution in [1.29, 1.82) is 0 Å². The fourth-order valence-electron chi connectivity index (χ4n) is 2.53. The van der Waals surface area contributed by atoms with Gasteiger partial charge in [0.05, 0.1) is 0 Å². The van der Waals surface area contributed by atoms with E-state index in [1.165, 1.54) is 0 Å². The Kier molecular flexibility index (Phi) is 5.23. The minimum atomic E-state index is 0.194. The van der Waals surface area contributed by atoms with Crippen molar-refractivity contribution in [2.24, 2.45) is 0 Å². The summed E-state index contributed by atoms with van der Waals surface area (Å²) in [5.74, 6) is 0.194. The summed E-state index contributed by atoms with van der Waals surface area (Å²) >= 11 is 5.31. The number of carbonyl (C=O) groups is 1. The normalized spacial score (nSPS) is 13.8. The molecule has 0 aromatic heterocycles. The average molecular weight is 337 g/mol. The molecule has 5 heteroatoms. The van der Waals surface area contributed by atoms with E-state index in [1.807, 2.05) is 54.6 Å². The molecule has 0 saturated carbocycles. The van der Waals surface area contributed by atoms with E-state index >= 15 is 0 Å². The number of anilines is 3. The Hall–Kier alpha value is -2.66. The number of allylic oxidation sites excluding steroid dienone is 2. The number of rotatable bonds is 4. The number of hydrogen-bond acceptors (Lipinski definition) is 3. The van der Waals surface area contributed by atoms with Gasteiger partial charge in [-0.2, -0.15) is 0 Å². The lowest BCUT2D eigenvalue weighted by Gasteiger charge is -2.15. The van der Waals surface area contributed by atoms with Crippen LogP contribution in [0.25, 0.3) is 0 Å². The van der Waals surface area contributed by atoms with E-state index in [4.69, 9.17) is 12.2 Å². The number of nitrogens with one attached hydrogen (secondary N) is 3. The van der Waals surface area contributed by atoms with Gasteiger partial charge < -0.3 is 16.0 Å². The van der Waals surface area contributed by atoms with Crippen molar-refractivity contribution in [3.8, 4) is 0 Å². The summed E-state index contributed by atoms with van der Waals surface area (Å²) in [6, 6.07) is 17.6. The van der Waals surface area contributed by atoms with Crippen molar-refractivity contribution in [3.63, 3.8) is 0 Å². The van der Waals surface area contributed by atoms with E-state index in [9.17, 15) is 4.79 Å². The molecule has 3 rings (SSSR count). The van der Waals surface area contributed by atoms with Crippen LogP contribution in [-0.2, 0) is 4.79 Å². The highest BCUT2D eigenvalue weighted by atomic mass is 32.1. The first-order chi connectivity index (χ1) is 11.7. The molecule has 0 spiro atoms. The molecule has 24 heavy (non-hydrogen) atoms. The van der Waals surface area contributed by atoms with Crippen molar-refractivity contribution in [3.05, 3.63) is 66.4 Å². The minimum Gasteiger partial charge on any atom is -0.359 e. The smallest absolute Gasteiger partial charge is 0.175 e. The fraction of sp³-hybridized carbons (Fsp3) is 0.158. The minimum absolute atomic E-state index is 0.194. The van der Waals surface area contributed by atoms with Crippen LogP contribution in [0, 0.1) is 0 Å². The van der Waals surface area contributed by atoms with Crippen LogP contribution in [0.4, 0.5) is 17.1 Å². The van der Waals surface area contributed by atoms with E-state index in [-0.39, 0.29) is 5.78 Å². The van der Waals surface area contributed by atoms with Gasteiger partial charge >= 0.3 is 0 Å². The summed E-state index contributed by atoms with van der Waals surface area (Å²) in [5.41, 5.74) is 3.79. The number of carbonyl (C=O) groups excluding carboxylic acids is 1. The highest BCUT2D eigenvalue weighted by Gasteiger charge is 2.09. The standard InChI is InChI=1S/C19H19N3OS/c23-18-8-4-7-17(13-18)20-15-9-11-16(12-10-15)22-19(24)21-14-5-2-1-3-6-14/h1-3,5-6,9-13,20H,4,7-8H2,(H2,21,22,24). The number of thiocarbonyl (C=S) groups is 1. The van der Waals surface area contributed by atoms with Crippen LogP contribution in [0.1, 0.15) is 19.3 Å². The van der Waals surface area contributed by atoms with Gasteiger partial charge in [-0.1, -0.05) is 18.2 Å². The Labute approximate surface area is 147 Å². The van der Waals surface area contributed by atoms with Gasteiger partial charge in [-0.3, -0.25) is 4.79 Å². The van der Waals surface area contributed by atoms with Crippen molar-refractivity contribution < 1.29 is 4.79 Å². The molecule has 0 fully saturated rings. The number of ketones is 1.